The van der Waals surface area contributed by atoms with E-state index >= 15 is 0 Å². The second-order valence-electron chi connectivity index (χ2n) is 5.37. The Bertz CT molecular complexity index is 647. The highest BCUT2D eigenvalue weighted by Crippen LogP contribution is 2.20. The summed E-state index contributed by atoms with van der Waals surface area (Å²) in [6.45, 7) is 5.05. The molecule has 120 valence electrons. The minimum Gasteiger partial charge on any atom is -0.459 e. The van der Waals surface area contributed by atoms with E-state index in [2.05, 4.69) is 11.5 Å². The monoisotopic (exact) mass is 312 g/mol. The molecule has 1 unspecified atom stereocenters. The van der Waals surface area contributed by atoms with Crippen molar-refractivity contribution < 1.29 is 19.7 Å². The van der Waals surface area contributed by atoms with E-state index in [0.717, 1.165) is 16.7 Å². The van der Waals surface area contributed by atoms with Crippen LogP contribution in [0.15, 0.2) is 66.7 Å². The van der Waals surface area contributed by atoms with Crippen LogP contribution in [0.4, 0.5) is 0 Å². The van der Waals surface area contributed by atoms with Crippen LogP contribution in [0.3, 0.4) is 0 Å². The van der Waals surface area contributed by atoms with E-state index in [1.54, 1.807) is 6.92 Å². The molecule has 0 aromatic heterocycles. The van der Waals surface area contributed by atoms with Crippen molar-refractivity contribution in [2.24, 2.45) is 0 Å². The Labute approximate surface area is 135 Å². The minimum absolute atomic E-state index is 0.0252. The van der Waals surface area contributed by atoms with Gasteiger partial charge in [-0.1, -0.05) is 61.2 Å². The molecule has 0 saturated carbocycles. The SMILES string of the molecule is C=C(C)C(=O)OCC(Cc1ccc(-c2ccccc2)cc1)OO. The van der Waals surface area contributed by atoms with Gasteiger partial charge in [-0.05, 0) is 23.6 Å². The zero-order chi connectivity index (χ0) is 16.7. The van der Waals surface area contributed by atoms with Crippen LogP contribution in [-0.2, 0) is 20.8 Å². The molecule has 0 heterocycles. The maximum absolute atomic E-state index is 11.4. The van der Waals surface area contributed by atoms with Crippen molar-refractivity contribution in [2.75, 3.05) is 6.61 Å². The maximum atomic E-state index is 11.4. The van der Waals surface area contributed by atoms with Gasteiger partial charge in [0.05, 0.1) is 0 Å². The van der Waals surface area contributed by atoms with Crippen LogP contribution in [0.25, 0.3) is 11.1 Å². The Morgan fingerprint density at radius 1 is 1.09 bits per heavy atom. The van der Waals surface area contributed by atoms with Gasteiger partial charge in [0.25, 0.3) is 0 Å². The van der Waals surface area contributed by atoms with Gasteiger partial charge in [-0.25, -0.2) is 9.68 Å². The van der Waals surface area contributed by atoms with Crippen LogP contribution in [0.5, 0.6) is 0 Å². The molecule has 2 aromatic rings. The summed E-state index contributed by atoms with van der Waals surface area (Å²) in [6.07, 6.45) is -0.171. The molecule has 0 aliphatic heterocycles. The highest BCUT2D eigenvalue weighted by Gasteiger charge is 2.14. The first-order chi connectivity index (χ1) is 11.1. The Hall–Kier alpha value is -2.43. The molecule has 4 heteroatoms. The number of ether oxygens (including phenoxy) is 1. The first kappa shape index (κ1) is 16.9. The van der Waals surface area contributed by atoms with Gasteiger partial charge in [-0.3, -0.25) is 5.26 Å². The average molecular weight is 312 g/mol. The third-order valence-electron chi connectivity index (χ3n) is 3.42. The zero-order valence-corrected chi connectivity index (χ0v) is 13.1. The van der Waals surface area contributed by atoms with Crippen LogP contribution < -0.4 is 0 Å². The number of hydrogen-bond acceptors (Lipinski definition) is 4. The van der Waals surface area contributed by atoms with Gasteiger partial charge in [0, 0.05) is 12.0 Å². The maximum Gasteiger partial charge on any atom is 0.333 e. The van der Waals surface area contributed by atoms with Crippen LogP contribution in [-0.4, -0.2) is 23.9 Å². The Morgan fingerprint density at radius 3 is 2.26 bits per heavy atom. The predicted molar refractivity (Wildman–Crippen MR) is 88.9 cm³/mol. The molecule has 0 saturated heterocycles. The normalized spacial score (nSPS) is 11.7. The molecule has 0 spiro atoms. The molecule has 2 aromatic carbocycles. The highest BCUT2D eigenvalue weighted by atomic mass is 17.1. The third kappa shape index (κ3) is 5.06. The van der Waals surface area contributed by atoms with Crippen molar-refractivity contribution in [3.8, 4) is 11.1 Å². The molecule has 1 N–H and O–H groups in total. The molecule has 2 rings (SSSR count). The van der Waals surface area contributed by atoms with Crippen molar-refractivity contribution in [3.05, 3.63) is 72.3 Å². The van der Waals surface area contributed by atoms with Gasteiger partial charge in [0.1, 0.15) is 12.7 Å². The lowest BCUT2D eigenvalue weighted by Gasteiger charge is -2.14. The van der Waals surface area contributed by atoms with E-state index in [0.29, 0.717) is 12.0 Å². The van der Waals surface area contributed by atoms with E-state index in [-0.39, 0.29) is 6.61 Å². The van der Waals surface area contributed by atoms with Crippen LogP contribution >= 0.6 is 0 Å². The number of carbonyl (C=O) groups is 1. The van der Waals surface area contributed by atoms with E-state index in [9.17, 15) is 4.79 Å². The Balaban J connectivity index is 1.96. The van der Waals surface area contributed by atoms with E-state index in [4.69, 9.17) is 9.99 Å². The zero-order valence-electron chi connectivity index (χ0n) is 13.1. The lowest BCUT2D eigenvalue weighted by molar-refractivity contribution is -0.285. The summed E-state index contributed by atoms with van der Waals surface area (Å²) < 4.78 is 5.00. The van der Waals surface area contributed by atoms with Gasteiger partial charge in [0.2, 0.25) is 0 Å². The number of hydrogen-bond donors (Lipinski definition) is 1. The van der Waals surface area contributed by atoms with Crippen LogP contribution in [0.1, 0.15) is 12.5 Å². The second-order valence-corrected chi connectivity index (χ2v) is 5.37. The molecule has 0 amide bonds. The largest absolute Gasteiger partial charge is 0.459 e. The molecule has 4 nitrogen and oxygen atoms in total. The molecule has 0 radical (unpaired) electrons. The standard InChI is InChI=1S/C19H20O4/c1-14(2)19(20)22-13-18(23-21)12-15-8-10-17(11-9-15)16-6-4-3-5-7-16/h3-11,18,21H,1,12-13H2,2H3. The summed E-state index contributed by atoms with van der Waals surface area (Å²) in [5.41, 5.74) is 3.55. The molecular weight excluding hydrogens is 292 g/mol. The topological polar surface area (TPSA) is 55.8 Å². The second kappa shape index (κ2) is 8.27. The smallest absolute Gasteiger partial charge is 0.333 e. The molecule has 0 fully saturated rings. The van der Waals surface area contributed by atoms with Crippen molar-refractivity contribution in [2.45, 2.75) is 19.4 Å². The first-order valence-electron chi connectivity index (χ1n) is 7.37. The fraction of sp³-hybridized carbons (Fsp3) is 0.211. The van der Waals surface area contributed by atoms with E-state index < -0.39 is 12.1 Å². The lowest BCUT2D eigenvalue weighted by Crippen LogP contribution is -2.23. The van der Waals surface area contributed by atoms with Gasteiger partial charge < -0.3 is 4.74 Å². The summed E-state index contributed by atoms with van der Waals surface area (Å²) in [7, 11) is 0. The van der Waals surface area contributed by atoms with E-state index in [1.807, 2.05) is 54.6 Å². The van der Waals surface area contributed by atoms with Gasteiger partial charge in [0.15, 0.2) is 0 Å². The van der Waals surface area contributed by atoms with Crippen molar-refractivity contribution in [1.29, 1.82) is 0 Å². The number of benzene rings is 2. The fourth-order valence-electron chi connectivity index (χ4n) is 2.15. The highest BCUT2D eigenvalue weighted by molar-refractivity contribution is 5.86. The minimum atomic E-state index is -0.610. The van der Waals surface area contributed by atoms with Gasteiger partial charge in [-0.2, -0.15) is 0 Å². The average Bonchev–Trinajstić information content (AvgIpc) is 2.59. The number of esters is 1. The quantitative estimate of drug-likeness (QED) is 0.365. The third-order valence-corrected chi connectivity index (χ3v) is 3.42. The van der Waals surface area contributed by atoms with Crippen LogP contribution in [0, 0.1) is 0 Å². The number of rotatable bonds is 7. The summed E-state index contributed by atoms with van der Waals surface area (Å²) in [4.78, 5) is 15.8. The van der Waals surface area contributed by atoms with Gasteiger partial charge in [-0.15, -0.1) is 0 Å². The molecule has 0 aliphatic rings. The van der Waals surface area contributed by atoms with Crippen molar-refractivity contribution >= 4 is 5.97 Å². The predicted octanol–water partition coefficient (Wildman–Crippen LogP) is 3.87. The van der Waals surface area contributed by atoms with Crippen molar-refractivity contribution in [3.63, 3.8) is 0 Å². The summed E-state index contributed by atoms with van der Waals surface area (Å²) in [5, 5.41) is 8.96. The molecule has 23 heavy (non-hydrogen) atoms. The molecule has 1 atom stereocenters. The van der Waals surface area contributed by atoms with E-state index in [1.165, 1.54) is 0 Å². The summed E-state index contributed by atoms with van der Waals surface area (Å²) in [6, 6.07) is 18.0. The summed E-state index contributed by atoms with van der Waals surface area (Å²) in [5.74, 6) is -0.494. The Kier molecular flexibility index (Phi) is 6.09. The Morgan fingerprint density at radius 2 is 1.70 bits per heavy atom. The first-order valence-corrected chi connectivity index (χ1v) is 7.37. The molecule has 0 aliphatic carbocycles. The molecular formula is C19H20O4. The number of carbonyl (C=O) groups excluding carboxylic acids is 1. The van der Waals surface area contributed by atoms with Crippen molar-refractivity contribution in [1.82, 2.24) is 0 Å². The summed E-state index contributed by atoms with van der Waals surface area (Å²) >= 11 is 0. The molecule has 0 bridgehead atoms. The lowest BCUT2D eigenvalue weighted by atomic mass is 10.0. The fourth-order valence-corrected chi connectivity index (χ4v) is 2.15. The van der Waals surface area contributed by atoms with Gasteiger partial charge >= 0.3 is 5.97 Å². The van der Waals surface area contributed by atoms with Crippen LogP contribution in [0.2, 0.25) is 0 Å².